The third-order valence-corrected chi connectivity index (χ3v) is 4.20. The zero-order valence-electron chi connectivity index (χ0n) is 16.0. The molecule has 7 nitrogen and oxygen atoms in total. The van der Waals surface area contributed by atoms with E-state index in [1.54, 1.807) is 30.3 Å². The molecule has 1 heterocycles. The molecule has 2 aromatic carbocycles. The molecule has 0 fully saturated rings. The van der Waals surface area contributed by atoms with Crippen LogP contribution in [0.2, 0.25) is 0 Å². The number of nitrogens with one attached hydrogen (secondary N) is 2. The van der Waals surface area contributed by atoms with Crippen molar-refractivity contribution in [3.05, 3.63) is 65.7 Å². The molecule has 0 aliphatic carbocycles. The second-order valence-corrected chi connectivity index (χ2v) is 5.97. The molecule has 7 heteroatoms. The summed E-state index contributed by atoms with van der Waals surface area (Å²) in [6.07, 6.45) is 0.992. The number of carbonyl (C=O) groups is 1. The first-order chi connectivity index (χ1) is 13.6. The molecule has 0 aliphatic heterocycles. The first-order valence-electron chi connectivity index (χ1n) is 8.86. The summed E-state index contributed by atoms with van der Waals surface area (Å²) in [6.45, 7) is 2.11. The molecule has 0 saturated carbocycles. The Bertz CT molecular complexity index is 919. The summed E-state index contributed by atoms with van der Waals surface area (Å²) in [5.74, 6) is 1.35. The van der Waals surface area contributed by atoms with Gasteiger partial charge in [-0.25, -0.2) is 0 Å². The minimum atomic E-state index is -0.389. The SMILES string of the molecule is CCc1ccc(Nc2ccc(NC(=O)c3c(OC)cccc3OC)nn2)cc1. The molecule has 0 atom stereocenters. The molecule has 144 valence electrons. The third kappa shape index (κ3) is 4.37. The molecule has 0 spiro atoms. The fraction of sp³-hybridized carbons (Fsp3) is 0.190. The highest BCUT2D eigenvalue weighted by Crippen LogP contribution is 2.28. The average molecular weight is 378 g/mol. The van der Waals surface area contributed by atoms with Gasteiger partial charge in [-0.2, -0.15) is 0 Å². The van der Waals surface area contributed by atoms with Crippen LogP contribution in [0.25, 0.3) is 0 Å². The molecular formula is C21H22N4O3. The van der Waals surface area contributed by atoms with Gasteiger partial charge in [-0.1, -0.05) is 25.1 Å². The number of ether oxygens (including phenoxy) is 2. The predicted octanol–water partition coefficient (Wildman–Crippen LogP) is 4.05. The number of benzene rings is 2. The van der Waals surface area contributed by atoms with Crippen LogP contribution in [-0.4, -0.2) is 30.3 Å². The molecule has 2 N–H and O–H groups in total. The third-order valence-electron chi connectivity index (χ3n) is 4.20. The van der Waals surface area contributed by atoms with Crippen molar-refractivity contribution in [3.63, 3.8) is 0 Å². The number of anilines is 3. The minimum Gasteiger partial charge on any atom is -0.496 e. The van der Waals surface area contributed by atoms with Crippen LogP contribution in [0.4, 0.5) is 17.3 Å². The Balaban J connectivity index is 1.71. The van der Waals surface area contributed by atoms with Crippen LogP contribution < -0.4 is 20.1 Å². The van der Waals surface area contributed by atoms with E-state index in [0.29, 0.717) is 28.7 Å². The second kappa shape index (κ2) is 8.85. The van der Waals surface area contributed by atoms with Crippen molar-refractivity contribution in [1.82, 2.24) is 10.2 Å². The van der Waals surface area contributed by atoms with Gasteiger partial charge in [0.05, 0.1) is 14.2 Å². The van der Waals surface area contributed by atoms with E-state index in [9.17, 15) is 4.79 Å². The van der Waals surface area contributed by atoms with Crippen molar-refractivity contribution in [1.29, 1.82) is 0 Å². The summed E-state index contributed by atoms with van der Waals surface area (Å²) in [6, 6.07) is 16.7. The summed E-state index contributed by atoms with van der Waals surface area (Å²) in [7, 11) is 3.00. The van der Waals surface area contributed by atoms with E-state index in [0.717, 1.165) is 12.1 Å². The molecule has 1 amide bonds. The number of methoxy groups -OCH3 is 2. The van der Waals surface area contributed by atoms with Gasteiger partial charge in [-0.05, 0) is 48.4 Å². The van der Waals surface area contributed by atoms with Crippen LogP contribution >= 0.6 is 0 Å². The predicted molar refractivity (Wildman–Crippen MR) is 109 cm³/mol. The van der Waals surface area contributed by atoms with E-state index < -0.39 is 0 Å². The second-order valence-electron chi connectivity index (χ2n) is 5.97. The molecular weight excluding hydrogens is 356 g/mol. The van der Waals surface area contributed by atoms with Crippen molar-refractivity contribution in [2.75, 3.05) is 24.9 Å². The van der Waals surface area contributed by atoms with E-state index >= 15 is 0 Å². The maximum Gasteiger partial charge on any atom is 0.264 e. The molecule has 0 radical (unpaired) electrons. The lowest BCUT2D eigenvalue weighted by Crippen LogP contribution is -2.15. The number of rotatable bonds is 7. The van der Waals surface area contributed by atoms with Crippen LogP contribution in [-0.2, 0) is 6.42 Å². The number of aromatic nitrogens is 2. The summed E-state index contributed by atoms with van der Waals surface area (Å²) in [5.41, 5.74) is 2.48. The number of carbonyl (C=O) groups excluding carboxylic acids is 1. The van der Waals surface area contributed by atoms with Crippen LogP contribution in [0.15, 0.2) is 54.6 Å². The Morgan fingerprint density at radius 3 is 2.04 bits per heavy atom. The van der Waals surface area contributed by atoms with Gasteiger partial charge in [-0.15, -0.1) is 10.2 Å². The van der Waals surface area contributed by atoms with E-state index in [1.165, 1.54) is 19.8 Å². The molecule has 28 heavy (non-hydrogen) atoms. The molecule has 3 rings (SSSR count). The van der Waals surface area contributed by atoms with Gasteiger partial charge in [0.1, 0.15) is 17.1 Å². The quantitative estimate of drug-likeness (QED) is 0.645. The normalized spacial score (nSPS) is 10.2. The first-order valence-corrected chi connectivity index (χ1v) is 8.86. The summed E-state index contributed by atoms with van der Waals surface area (Å²) < 4.78 is 10.5. The van der Waals surface area contributed by atoms with Gasteiger partial charge < -0.3 is 20.1 Å². The van der Waals surface area contributed by atoms with Crippen molar-refractivity contribution in [3.8, 4) is 11.5 Å². The smallest absolute Gasteiger partial charge is 0.264 e. The van der Waals surface area contributed by atoms with Gasteiger partial charge >= 0.3 is 0 Å². The Hall–Kier alpha value is -3.61. The summed E-state index contributed by atoms with van der Waals surface area (Å²) in [4.78, 5) is 12.7. The molecule has 0 unspecified atom stereocenters. The maximum atomic E-state index is 12.7. The number of nitrogens with zero attached hydrogens (tertiary/aromatic N) is 2. The zero-order valence-corrected chi connectivity index (χ0v) is 16.0. The highest BCUT2D eigenvalue weighted by Gasteiger charge is 2.18. The molecule has 0 saturated heterocycles. The Kier molecular flexibility index (Phi) is 6.06. The fourth-order valence-electron chi connectivity index (χ4n) is 2.69. The van der Waals surface area contributed by atoms with Crippen molar-refractivity contribution < 1.29 is 14.3 Å². The van der Waals surface area contributed by atoms with Gasteiger partial charge in [0.15, 0.2) is 11.6 Å². The van der Waals surface area contributed by atoms with Crippen molar-refractivity contribution >= 4 is 23.2 Å². The minimum absolute atomic E-state index is 0.299. The number of amides is 1. The lowest BCUT2D eigenvalue weighted by atomic mass is 10.1. The number of hydrogen-bond donors (Lipinski definition) is 2. The molecule has 0 bridgehead atoms. The van der Waals surface area contributed by atoms with Gasteiger partial charge in [0.2, 0.25) is 0 Å². The van der Waals surface area contributed by atoms with Gasteiger partial charge in [0.25, 0.3) is 5.91 Å². The van der Waals surface area contributed by atoms with Crippen molar-refractivity contribution in [2.24, 2.45) is 0 Å². The average Bonchev–Trinajstić information content (AvgIpc) is 2.75. The molecule has 0 aliphatic rings. The highest BCUT2D eigenvalue weighted by atomic mass is 16.5. The van der Waals surface area contributed by atoms with Crippen molar-refractivity contribution in [2.45, 2.75) is 13.3 Å². The monoisotopic (exact) mass is 378 g/mol. The van der Waals surface area contributed by atoms with Crippen LogP contribution in [0.5, 0.6) is 11.5 Å². The van der Waals surface area contributed by atoms with E-state index in [2.05, 4.69) is 39.9 Å². The topological polar surface area (TPSA) is 85.4 Å². The standard InChI is InChI=1S/C21H22N4O3/c1-4-14-8-10-15(11-9-14)22-18-12-13-19(25-24-18)23-21(26)20-16(27-2)6-5-7-17(20)28-3/h5-13H,4H2,1-3H3,(H,22,24)(H,23,25,26). The van der Waals surface area contributed by atoms with Crippen LogP contribution in [0, 0.1) is 0 Å². The lowest BCUT2D eigenvalue weighted by molar-refractivity contribution is 0.102. The Labute approximate surface area is 163 Å². The van der Waals surface area contributed by atoms with Crippen LogP contribution in [0.1, 0.15) is 22.8 Å². The summed E-state index contributed by atoms with van der Waals surface area (Å²) >= 11 is 0. The van der Waals surface area contributed by atoms with Gasteiger partial charge in [0, 0.05) is 5.69 Å². The zero-order chi connectivity index (χ0) is 19.9. The highest BCUT2D eigenvalue weighted by molar-refractivity contribution is 6.07. The fourth-order valence-corrected chi connectivity index (χ4v) is 2.69. The Morgan fingerprint density at radius 1 is 0.893 bits per heavy atom. The van der Waals surface area contributed by atoms with E-state index in [-0.39, 0.29) is 5.91 Å². The number of hydrogen-bond acceptors (Lipinski definition) is 6. The lowest BCUT2D eigenvalue weighted by Gasteiger charge is -2.12. The first kappa shape index (κ1) is 19.2. The summed E-state index contributed by atoms with van der Waals surface area (Å²) in [5, 5.41) is 14.1. The van der Waals surface area contributed by atoms with E-state index in [4.69, 9.17) is 9.47 Å². The largest absolute Gasteiger partial charge is 0.496 e. The Morgan fingerprint density at radius 2 is 1.50 bits per heavy atom. The number of aryl methyl sites for hydroxylation is 1. The maximum absolute atomic E-state index is 12.7. The molecule has 1 aromatic heterocycles. The van der Waals surface area contributed by atoms with E-state index in [1.807, 2.05) is 12.1 Å². The molecule has 3 aromatic rings. The van der Waals surface area contributed by atoms with Crippen LogP contribution in [0.3, 0.4) is 0 Å². The van der Waals surface area contributed by atoms with Gasteiger partial charge in [-0.3, -0.25) is 4.79 Å².